The Morgan fingerprint density at radius 2 is 1.56 bits per heavy atom. The number of anilines is 1. The highest BCUT2D eigenvalue weighted by molar-refractivity contribution is 7.93. The van der Waals surface area contributed by atoms with Gasteiger partial charge in [0.2, 0.25) is 0 Å². The highest BCUT2D eigenvalue weighted by Gasteiger charge is 2.36. The number of nitrogens with zero attached hydrogens (tertiary/aromatic N) is 4. The number of amides is 2. The minimum atomic E-state index is -4.97. The number of piperazine rings is 1. The first-order chi connectivity index (χ1) is 19.4. The van der Waals surface area contributed by atoms with E-state index >= 15 is 0 Å². The second kappa shape index (κ2) is 11.0. The van der Waals surface area contributed by atoms with Gasteiger partial charge in [0.25, 0.3) is 21.8 Å². The lowest BCUT2D eigenvalue weighted by Crippen LogP contribution is -2.50. The number of halogens is 4. The van der Waals surface area contributed by atoms with Crippen molar-refractivity contribution in [2.75, 3.05) is 30.9 Å². The maximum absolute atomic E-state index is 14.1. The quantitative estimate of drug-likeness (QED) is 0.354. The summed E-state index contributed by atoms with van der Waals surface area (Å²) in [5.74, 6) is -1.04. The molecule has 212 valence electrons. The zero-order chi connectivity index (χ0) is 29.4. The van der Waals surface area contributed by atoms with E-state index in [1.807, 2.05) is 4.72 Å². The molecule has 0 radical (unpaired) electrons. The van der Waals surface area contributed by atoms with Crippen molar-refractivity contribution in [2.24, 2.45) is 0 Å². The molecule has 0 saturated carbocycles. The predicted octanol–water partition coefficient (Wildman–Crippen LogP) is 4.70. The summed E-state index contributed by atoms with van der Waals surface area (Å²) in [6.45, 7) is 0.472. The molecule has 0 spiro atoms. The first kappa shape index (κ1) is 28.3. The lowest BCUT2D eigenvalue weighted by molar-refractivity contribution is -0.136. The van der Waals surface area contributed by atoms with Gasteiger partial charge in [0.05, 0.1) is 21.8 Å². The van der Waals surface area contributed by atoms with Crippen LogP contribution in [0.5, 0.6) is 0 Å². The first-order valence-electron chi connectivity index (χ1n) is 12.2. The molecule has 1 saturated heterocycles. The normalized spacial score (nSPS) is 14.2. The van der Waals surface area contributed by atoms with Gasteiger partial charge in [-0.05, 0) is 42.5 Å². The van der Waals surface area contributed by atoms with Gasteiger partial charge in [-0.25, -0.2) is 13.4 Å². The molecule has 9 nitrogen and oxygen atoms in total. The van der Waals surface area contributed by atoms with E-state index in [1.165, 1.54) is 46.5 Å². The number of benzene rings is 2. The highest BCUT2D eigenvalue weighted by Crippen LogP contribution is 2.37. The van der Waals surface area contributed by atoms with Crippen LogP contribution in [0.4, 0.5) is 18.9 Å². The Morgan fingerprint density at radius 3 is 2.22 bits per heavy atom. The largest absolute Gasteiger partial charge is 0.418 e. The van der Waals surface area contributed by atoms with Crippen LogP contribution in [0.1, 0.15) is 26.4 Å². The molecule has 2 amide bonds. The van der Waals surface area contributed by atoms with Gasteiger partial charge >= 0.3 is 6.18 Å². The van der Waals surface area contributed by atoms with Gasteiger partial charge < -0.3 is 9.80 Å². The fraction of sp³-hybridized carbons (Fsp3) is 0.185. The van der Waals surface area contributed by atoms with Gasteiger partial charge in [0.15, 0.2) is 0 Å². The van der Waals surface area contributed by atoms with E-state index in [9.17, 15) is 31.2 Å². The van der Waals surface area contributed by atoms with Crippen LogP contribution < -0.4 is 4.72 Å². The average Bonchev–Trinajstić information content (AvgIpc) is 2.96. The van der Waals surface area contributed by atoms with Crippen molar-refractivity contribution in [2.45, 2.75) is 11.1 Å². The van der Waals surface area contributed by atoms with Crippen LogP contribution in [0.15, 0.2) is 78.0 Å². The molecule has 1 N–H and O–H groups in total. The van der Waals surface area contributed by atoms with E-state index in [0.29, 0.717) is 16.5 Å². The number of hydrogen-bond acceptors (Lipinski definition) is 6. The third-order valence-corrected chi connectivity index (χ3v) is 8.12. The fourth-order valence-electron chi connectivity index (χ4n) is 4.45. The van der Waals surface area contributed by atoms with E-state index < -0.39 is 33.4 Å². The molecule has 1 fully saturated rings. The molecule has 4 aromatic rings. The van der Waals surface area contributed by atoms with Crippen molar-refractivity contribution >= 4 is 50.0 Å². The number of carbonyl (C=O) groups excluding carboxylic acids is 2. The fourth-order valence-corrected chi connectivity index (χ4v) is 5.83. The van der Waals surface area contributed by atoms with Gasteiger partial charge in [0.1, 0.15) is 10.6 Å². The van der Waals surface area contributed by atoms with Crippen LogP contribution in [0.3, 0.4) is 0 Å². The molecule has 0 atom stereocenters. The molecule has 1 aliphatic heterocycles. The number of aromatic nitrogens is 2. The van der Waals surface area contributed by atoms with Crippen LogP contribution >= 0.6 is 11.6 Å². The molecular formula is C27H21ClF3N5O4S. The zero-order valence-electron chi connectivity index (χ0n) is 21.1. The molecule has 14 heteroatoms. The lowest BCUT2D eigenvalue weighted by Gasteiger charge is -2.34. The third-order valence-electron chi connectivity index (χ3n) is 6.50. The molecule has 41 heavy (non-hydrogen) atoms. The molecule has 3 heterocycles. The van der Waals surface area contributed by atoms with Crippen LogP contribution in [0.2, 0.25) is 5.02 Å². The van der Waals surface area contributed by atoms with E-state index in [4.69, 9.17) is 11.6 Å². The Labute approximate surface area is 237 Å². The summed E-state index contributed by atoms with van der Waals surface area (Å²) in [6.07, 6.45) is -2.25. The van der Waals surface area contributed by atoms with Crippen molar-refractivity contribution in [3.05, 3.63) is 94.9 Å². The Morgan fingerprint density at radius 1 is 0.878 bits per heavy atom. The standard InChI is InChI=1S/C27H21ClF3N5O4S/c28-19-7-9-22(33-16-19)26(38)36-13-11-35(12-14-36)25(37)18-6-8-21(20(15-18)27(29,30)31)34-41(39,40)23-5-1-3-17-4-2-10-32-24(17)23/h1-10,15-16,34H,11-14H2. The van der Waals surface area contributed by atoms with Gasteiger partial charge in [-0.3, -0.25) is 19.3 Å². The smallest absolute Gasteiger partial charge is 0.335 e. The van der Waals surface area contributed by atoms with Crippen LogP contribution in [-0.4, -0.2) is 66.2 Å². The van der Waals surface area contributed by atoms with Crippen LogP contribution in [-0.2, 0) is 16.2 Å². The minimum absolute atomic E-state index is 0.0853. The second-order valence-corrected chi connectivity index (χ2v) is 11.2. The average molecular weight is 604 g/mol. The van der Waals surface area contributed by atoms with Gasteiger partial charge in [-0.1, -0.05) is 29.8 Å². The van der Waals surface area contributed by atoms with E-state index in [-0.39, 0.29) is 53.8 Å². The number of pyridine rings is 2. The zero-order valence-corrected chi connectivity index (χ0v) is 22.7. The van der Waals surface area contributed by atoms with Crippen molar-refractivity contribution < 1.29 is 31.2 Å². The third kappa shape index (κ3) is 5.95. The van der Waals surface area contributed by atoms with Gasteiger partial charge in [0, 0.05) is 49.5 Å². The predicted molar refractivity (Wildman–Crippen MR) is 145 cm³/mol. The summed E-state index contributed by atoms with van der Waals surface area (Å²) < 4.78 is 70.5. The summed E-state index contributed by atoms with van der Waals surface area (Å²) in [5, 5.41) is 0.873. The summed E-state index contributed by atoms with van der Waals surface area (Å²) >= 11 is 5.81. The number of para-hydroxylation sites is 1. The number of carbonyl (C=O) groups is 2. The number of rotatable bonds is 5. The van der Waals surface area contributed by atoms with Crippen LogP contribution in [0, 0.1) is 0 Å². The summed E-state index contributed by atoms with van der Waals surface area (Å²) in [4.78, 5) is 36.4. The maximum Gasteiger partial charge on any atom is 0.418 e. The summed E-state index contributed by atoms with van der Waals surface area (Å²) in [7, 11) is -4.47. The van der Waals surface area contributed by atoms with Gasteiger partial charge in [-0.2, -0.15) is 13.2 Å². The van der Waals surface area contributed by atoms with Crippen molar-refractivity contribution in [3.63, 3.8) is 0 Å². The van der Waals surface area contributed by atoms with E-state index in [2.05, 4.69) is 9.97 Å². The summed E-state index contributed by atoms with van der Waals surface area (Å²) in [6, 6.07) is 13.3. The second-order valence-electron chi connectivity index (χ2n) is 9.14. The number of alkyl halides is 3. The highest BCUT2D eigenvalue weighted by atomic mass is 35.5. The Hall–Kier alpha value is -4.23. The van der Waals surface area contributed by atoms with Gasteiger partial charge in [-0.15, -0.1) is 0 Å². The molecule has 2 aromatic carbocycles. The first-order valence-corrected chi connectivity index (χ1v) is 14.1. The van der Waals surface area contributed by atoms with E-state index in [1.54, 1.807) is 18.2 Å². The Balaban J connectivity index is 1.35. The molecule has 0 unspecified atom stereocenters. The molecule has 1 aliphatic rings. The number of hydrogen-bond donors (Lipinski definition) is 1. The molecule has 5 rings (SSSR count). The Bertz CT molecular complexity index is 1740. The number of nitrogens with one attached hydrogen (secondary N) is 1. The molecule has 0 bridgehead atoms. The maximum atomic E-state index is 14.1. The minimum Gasteiger partial charge on any atom is -0.335 e. The summed E-state index contributed by atoms with van der Waals surface area (Å²) in [5.41, 5.74) is -2.03. The molecular weight excluding hydrogens is 583 g/mol. The van der Waals surface area contributed by atoms with E-state index in [0.717, 1.165) is 12.1 Å². The monoisotopic (exact) mass is 603 g/mol. The van der Waals surface area contributed by atoms with Crippen molar-refractivity contribution in [3.8, 4) is 0 Å². The lowest BCUT2D eigenvalue weighted by atomic mass is 10.1. The molecule has 0 aliphatic carbocycles. The van der Waals surface area contributed by atoms with Crippen LogP contribution in [0.25, 0.3) is 10.9 Å². The van der Waals surface area contributed by atoms with Crippen molar-refractivity contribution in [1.29, 1.82) is 0 Å². The molecule has 2 aromatic heterocycles. The number of sulfonamides is 1. The SMILES string of the molecule is O=C(c1ccc(NS(=O)(=O)c2cccc3cccnc23)c(C(F)(F)F)c1)N1CCN(C(=O)c2ccc(Cl)cn2)CC1. The van der Waals surface area contributed by atoms with Crippen molar-refractivity contribution in [1.82, 2.24) is 19.8 Å². The number of fused-ring (bicyclic) bond motifs is 1. The Kier molecular flexibility index (Phi) is 7.58. The topological polar surface area (TPSA) is 113 Å².